The molecule has 0 spiro atoms. The number of aromatic nitrogens is 4. The third-order valence-electron chi connectivity index (χ3n) is 5.58. The van der Waals surface area contributed by atoms with Crippen LogP contribution in [-0.4, -0.2) is 43.6 Å². The lowest BCUT2D eigenvalue weighted by molar-refractivity contribution is -0.130. The van der Waals surface area contributed by atoms with E-state index in [2.05, 4.69) is 15.1 Å². The highest BCUT2D eigenvalue weighted by Gasteiger charge is 2.40. The van der Waals surface area contributed by atoms with Crippen molar-refractivity contribution in [3.8, 4) is 0 Å². The lowest BCUT2D eigenvalue weighted by Crippen LogP contribution is -2.36. The first-order chi connectivity index (χ1) is 13.9. The van der Waals surface area contributed by atoms with Crippen LogP contribution < -0.4 is 5.56 Å². The number of nitrogens with zero attached hydrogens (tertiary/aromatic N) is 5. The third-order valence-corrected chi connectivity index (χ3v) is 5.58. The van der Waals surface area contributed by atoms with Gasteiger partial charge in [-0.2, -0.15) is 4.98 Å². The highest BCUT2D eigenvalue weighted by atomic mass is 16.5. The number of likely N-dealkylation sites (tertiary alicyclic amines) is 1. The number of hydrogen-bond acceptors (Lipinski definition) is 6. The molecule has 4 rings (SSSR count). The molecular weight excluding hydrogens is 370 g/mol. The molecule has 2 aromatic heterocycles. The zero-order chi connectivity index (χ0) is 20.5. The molecule has 8 nitrogen and oxygen atoms in total. The summed E-state index contributed by atoms with van der Waals surface area (Å²) >= 11 is 0. The maximum Gasteiger partial charge on any atom is 0.256 e. The Kier molecular flexibility index (Phi) is 5.00. The highest BCUT2D eigenvalue weighted by molar-refractivity contribution is 5.76. The van der Waals surface area contributed by atoms with E-state index in [1.807, 2.05) is 30.3 Å². The first-order valence-electron chi connectivity index (χ1n) is 9.59. The summed E-state index contributed by atoms with van der Waals surface area (Å²) in [4.78, 5) is 35.8. The van der Waals surface area contributed by atoms with Crippen molar-refractivity contribution >= 4 is 5.91 Å². The summed E-state index contributed by atoms with van der Waals surface area (Å²) in [7, 11) is 0. The zero-order valence-electron chi connectivity index (χ0n) is 16.7. The normalized spacial score (nSPS) is 18.9. The molecule has 150 valence electrons. The molecule has 0 bridgehead atoms. The van der Waals surface area contributed by atoms with Crippen molar-refractivity contribution in [2.75, 3.05) is 13.1 Å². The molecule has 1 amide bonds. The van der Waals surface area contributed by atoms with Crippen LogP contribution in [-0.2, 0) is 11.3 Å². The molecule has 0 aliphatic carbocycles. The van der Waals surface area contributed by atoms with Crippen LogP contribution in [0.15, 0.2) is 46.0 Å². The Balaban J connectivity index is 1.59. The Morgan fingerprint density at radius 3 is 2.55 bits per heavy atom. The summed E-state index contributed by atoms with van der Waals surface area (Å²) in [5, 5.41) is 3.91. The van der Waals surface area contributed by atoms with E-state index in [4.69, 9.17) is 4.52 Å². The number of amides is 1. The summed E-state index contributed by atoms with van der Waals surface area (Å²) in [6, 6.07) is 10.0. The molecular formula is C21H23N5O3. The quantitative estimate of drug-likeness (QED) is 0.673. The predicted octanol–water partition coefficient (Wildman–Crippen LogP) is 1.96. The number of benzene rings is 1. The third kappa shape index (κ3) is 3.70. The van der Waals surface area contributed by atoms with E-state index in [0.717, 1.165) is 5.56 Å². The summed E-state index contributed by atoms with van der Waals surface area (Å²) in [5.74, 6) is 0.949. The van der Waals surface area contributed by atoms with Gasteiger partial charge in [-0.05, 0) is 26.3 Å². The Labute approximate surface area is 168 Å². The Hall–Kier alpha value is -3.29. The standard InChI is InChI=1S/C21H23N5O3/c1-13-14(2)22-12-26(21(13)28)11-19(27)25-9-17(16-7-5-4-6-8-16)18(10-25)20-23-15(3)24-29-20/h4-8,12,17-18H,9-11H2,1-3H3/t17-,18-/m1/s1. The van der Waals surface area contributed by atoms with Crippen LogP contribution in [0.3, 0.4) is 0 Å². The molecule has 29 heavy (non-hydrogen) atoms. The topological polar surface area (TPSA) is 94.1 Å². The second-order valence-electron chi connectivity index (χ2n) is 7.49. The number of carbonyl (C=O) groups excluding carboxylic acids is 1. The van der Waals surface area contributed by atoms with Gasteiger partial charge in [0.15, 0.2) is 5.82 Å². The minimum atomic E-state index is -0.186. The fourth-order valence-corrected chi connectivity index (χ4v) is 3.79. The molecule has 1 aromatic carbocycles. The van der Waals surface area contributed by atoms with Gasteiger partial charge in [-0.3, -0.25) is 14.2 Å². The summed E-state index contributed by atoms with van der Waals surface area (Å²) in [6.07, 6.45) is 1.44. The summed E-state index contributed by atoms with van der Waals surface area (Å²) in [6.45, 7) is 6.24. The molecule has 8 heteroatoms. The van der Waals surface area contributed by atoms with Gasteiger partial charge in [0.2, 0.25) is 11.8 Å². The van der Waals surface area contributed by atoms with E-state index in [1.54, 1.807) is 25.7 Å². The van der Waals surface area contributed by atoms with E-state index < -0.39 is 0 Å². The summed E-state index contributed by atoms with van der Waals surface area (Å²) < 4.78 is 6.80. The molecule has 1 fully saturated rings. The monoisotopic (exact) mass is 393 g/mol. The fraction of sp³-hybridized carbons (Fsp3) is 0.381. The van der Waals surface area contributed by atoms with Crippen LogP contribution in [0.2, 0.25) is 0 Å². The average Bonchev–Trinajstić information content (AvgIpc) is 3.35. The molecule has 3 heterocycles. The van der Waals surface area contributed by atoms with Gasteiger partial charge in [-0.1, -0.05) is 35.5 Å². The van der Waals surface area contributed by atoms with Crippen molar-refractivity contribution in [1.82, 2.24) is 24.6 Å². The maximum atomic E-state index is 13.0. The molecule has 2 atom stereocenters. The summed E-state index contributed by atoms with van der Waals surface area (Å²) in [5.41, 5.74) is 2.17. The van der Waals surface area contributed by atoms with Crippen molar-refractivity contribution < 1.29 is 9.32 Å². The van der Waals surface area contributed by atoms with Gasteiger partial charge in [0.05, 0.1) is 12.2 Å². The fourth-order valence-electron chi connectivity index (χ4n) is 3.79. The van der Waals surface area contributed by atoms with Gasteiger partial charge < -0.3 is 9.42 Å². The van der Waals surface area contributed by atoms with E-state index in [9.17, 15) is 9.59 Å². The van der Waals surface area contributed by atoms with E-state index in [-0.39, 0.29) is 29.8 Å². The minimum Gasteiger partial charge on any atom is -0.340 e. The predicted molar refractivity (Wildman–Crippen MR) is 106 cm³/mol. The molecule has 0 saturated carbocycles. The largest absolute Gasteiger partial charge is 0.340 e. The Bertz CT molecular complexity index is 1090. The molecule has 1 aliphatic rings. The van der Waals surface area contributed by atoms with Gasteiger partial charge >= 0.3 is 0 Å². The molecule has 1 saturated heterocycles. The molecule has 0 radical (unpaired) electrons. The molecule has 1 aliphatic heterocycles. The van der Waals surface area contributed by atoms with Crippen molar-refractivity contribution in [3.05, 3.63) is 75.5 Å². The lowest BCUT2D eigenvalue weighted by Gasteiger charge is -2.17. The number of aryl methyl sites for hydroxylation is 2. The van der Waals surface area contributed by atoms with Crippen molar-refractivity contribution in [2.45, 2.75) is 39.2 Å². The van der Waals surface area contributed by atoms with Crippen LogP contribution >= 0.6 is 0 Å². The molecule has 0 N–H and O–H groups in total. The number of carbonyl (C=O) groups is 1. The van der Waals surface area contributed by atoms with Crippen LogP contribution in [0.5, 0.6) is 0 Å². The number of hydrogen-bond donors (Lipinski definition) is 0. The number of rotatable bonds is 4. The molecule has 0 unspecified atom stereocenters. The maximum absolute atomic E-state index is 13.0. The second-order valence-corrected chi connectivity index (χ2v) is 7.49. The van der Waals surface area contributed by atoms with Crippen LogP contribution in [0.1, 0.15) is 40.4 Å². The van der Waals surface area contributed by atoms with Crippen LogP contribution in [0.4, 0.5) is 0 Å². The van der Waals surface area contributed by atoms with Gasteiger partial charge in [0.1, 0.15) is 6.54 Å². The first-order valence-corrected chi connectivity index (χ1v) is 9.59. The zero-order valence-corrected chi connectivity index (χ0v) is 16.7. The smallest absolute Gasteiger partial charge is 0.256 e. The van der Waals surface area contributed by atoms with Gasteiger partial charge in [-0.15, -0.1) is 0 Å². The van der Waals surface area contributed by atoms with Crippen LogP contribution in [0, 0.1) is 20.8 Å². The van der Waals surface area contributed by atoms with Crippen molar-refractivity contribution in [1.29, 1.82) is 0 Å². The van der Waals surface area contributed by atoms with E-state index in [1.165, 1.54) is 10.9 Å². The van der Waals surface area contributed by atoms with E-state index >= 15 is 0 Å². The SMILES string of the molecule is Cc1noc([C@@H]2CN(C(=O)Cn3cnc(C)c(C)c3=O)C[C@@H]2c2ccccc2)n1. The average molecular weight is 393 g/mol. The Morgan fingerprint density at radius 2 is 1.86 bits per heavy atom. The van der Waals surface area contributed by atoms with Crippen LogP contribution in [0.25, 0.3) is 0 Å². The van der Waals surface area contributed by atoms with E-state index in [0.29, 0.717) is 36.1 Å². The first kappa shape index (κ1) is 19.0. The van der Waals surface area contributed by atoms with Gasteiger partial charge in [0.25, 0.3) is 5.56 Å². The highest BCUT2D eigenvalue weighted by Crippen LogP contribution is 2.39. The Morgan fingerprint density at radius 1 is 1.14 bits per heavy atom. The van der Waals surface area contributed by atoms with Crippen molar-refractivity contribution in [2.24, 2.45) is 0 Å². The molecule has 3 aromatic rings. The van der Waals surface area contributed by atoms with Crippen molar-refractivity contribution in [3.63, 3.8) is 0 Å². The minimum absolute atomic E-state index is 0.0377. The van der Waals surface area contributed by atoms with Gasteiger partial charge in [-0.25, -0.2) is 4.98 Å². The van der Waals surface area contributed by atoms with Gasteiger partial charge in [0, 0.05) is 30.3 Å². The second kappa shape index (κ2) is 7.62. The lowest BCUT2D eigenvalue weighted by atomic mass is 9.89.